The molecule has 0 saturated heterocycles. The first-order chi connectivity index (χ1) is 17.0. The molecular formula is C27H24FN3O3S. The summed E-state index contributed by atoms with van der Waals surface area (Å²) in [5.41, 5.74) is 2.41. The van der Waals surface area contributed by atoms with Gasteiger partial charge in [0.05, 0.1) is 29.4 Å². The van der Waals surface area contributed by atoms with Crippen LogP contribution in [0.15, 0.2) is 84.2 Å². The molecule has 0 bridgehead atoms. The molecule has 3 aromatic carbocycles. The van der Waals surface area contributed by atoms with Gasteiger partial charge in [-0.2, -0.15) is 0 Å². The molecule has 0 aliphatic rings. The Hall–Kier alpha value is -4.04. The number of aromatic nitrogens is 1. The summed E-state index contributed by atoms with van der Waals surface area (Å²) in [6.07, 6.45) is 0.0589. The van der Waals surface area contributed by atoms with Crippen molar-refractivity contribution in [1.29, 1.82) is 0 Å². The van der Waals surface area contributed by atoms with Crippen molar-refractivity contribution in [1.82, 2.24) is 10.3 Å². The number of benzene rings is 3. The molecule has 8 heteroatoms. The molecule has 6 nitrogen and oxygen atoms in total. The number of amides is 2. The number of thiazole rings is 1. The van der Waals surface area contributed by atoms with Crippen molar-refractivity contribution in [2.45, 2.75) is 26.0 Å². The van der Waals surface area contributed by atoms with Crippen molar-refractivity contribution in [3.63, 3.8) is 0 Å². The largest absolute Gasteiger partial charge is 0.486 e. The number of carbonyl (C=O) groups excluding carboxylic acids is 2. The van der Waals surface area contributed by atoms with Crippen LogP contribution in [0.25, 0.3) is 0 Å². The van der Waals surface area contributed by atoms with Crippen molar-refractivity contribution in [3.8, 4) is 5.75 Å². The van der Waals surface area contributed by atoms with Gasteiger partial charge in [0, 0.05) is 5.38 Å². The van der Waals surface area contributed by atoms with Crippen LogP contribution in [0.4, 0.5) is 10.1 Å². The lowest BCUT2D eigenvalue weighted by Gasteiger charge is -2.16. The highest BCUT2D eigenvalue weighted by Crippen LogP contribution is 2.20. The Balaban J connectivity index is 1.34. The summed E-state index contributed by atoms with van der Waals surface area (Å²) in [6.45, 7) is 2.13. The van der Waals surface area contributed by atoms with E-state index in [0.717, 1.165) is 5.56 Å². The lowest BCUT2D eigenvalue weighted by Crippen LogP contribution is -2.28. The number of nitrogens with zero attached hydrogens (tertiary/aromatic N) is 1. The first-order valence-electron chi connectivity index (χ1n) is 11.0. The zero-order valence-corrected chi connectivity index (χ0v) is 19.8. The van der Waals surface area contributed by atoms with Gasteiger partial charge in [0.25, 0.3) is 5.91 Å². The molecule has 4 rings (SSSR count). The smallest absolute Gasteiger partial charge is 0.253 e. The molecule has 178 valence electrons. The molecule has 0 radical (unpaired) electrons. The number of halogens is 1. The van der Waals surface area contributed by atoms with E-state index in [2.05, 4.69) is 15.6 Å². The number of ether oxygens (including phenoxy) is 1. The molecule has 1 heterocycles. The Morgan fingerprint density at radius 1 is 1.00 bits per heavy atom. The normalized spacial score (nSPS) is 11.5. The number of anilines is 1. The summed E-state index contributed by atoms with van der Waals surface area (Å²) in [6, 6.07) is 22.1. The zero-order chi connectivity index (χ0) is 24.6. The van der Waals surface area contributed by atoms with Gasteiger partial charge in [-0.3, -0.25) is 9.59 Å². The Kier molecular flexibility index (Phi) is 7.84. The van der Waals surface area contributed by atoms with Crippen molar-refractivity contribution < 1.29 is 18.7 Å². The van der Waals surface area contributed by atoms with Gasteiger partial charge < -0.3 is 15.4 Å². The predicted octanol–water partition coefficient (Wildman–Crippen LogP) is 5.53. The van der Waals surface area contributed by atoms with Crippen LogP contribution >= 0.6 is 11.3 Å². The third-order valence-electron chi connectivity index (χ3n) is 5.21. The second-order valence-corrected chi connectivity index (χ2v) is 8.79. The SMILES string of the molecule is CC(NC(=O)c1ccccc1NC(=O)Cc1csc(COc2ccc(F)cc2)n1)c1ccccc1. The van der Waals surface area contributed by atoms with Crippen LogP contribution in [-0.2, 0) is 17.8 Å². The summed E-state index contributed by atoms with van der Waals surface area (Å²) in [5, 5.41) is 8.29. The number of carbonyl (C=O) groups is 2. The second kappa shape index (κ2) is 11.4. The van der Waals surface area contributed by atoms with Gasteiger partial charge in [-0.15, -0.1) is 11.3 Å². The van der Waals surface area contributed by atoms with E-state index in [0.29, 0.717) is 27.7 Å². The Morgan fingerprint density at radius 2 is 1.71 bits per heavy atom. The molecule has 1 unspecified atom stereocenters. The third kappa shape index (κ3) is 6.74. The highest BCUT2D eigenvalue weighted by Gasteiger charge is 2.17. The standard InChI is InChI=1S/C27H24FN3O3S/c1-18(19-7-3-2-4-8-19)29-27(33)23-9-5-6-10-24(23)31-25(32)15-21-17-35-26(30-21)16-34-22-13-11-20(28)12-14-22/h2-14,17-18H,15-16H2,1H3,(H,29,33)(H,31,32). The summed E-state index contributed by atoms with van der Waals surface area (Å²) < 4.78 is 18.6. The van der Waals surface area contributed by atoms with Gasteiger partial charge >= 0.3 is 0 Å². The number of nitrogens with one attached hydrogen (secondary N) is 2. The van der Waals surface area contributed by atoms with Crippen molar-refractivity contribution >= 4 is 28.8 Å². The summed E-state index contributed by atoms with van der Waals surface area (Å²) in [4.78, 5) is 30.0. The Bertz CT molecular complexity index is 1290. The zero-order valence-electron chi connectivity index (χ0n) is 19.0. The lowest BCUT2D eigenvalue weighted by atomic mass is 10.1. The average Bonchev–Trinajstić information content (AvgIpc) is 3.31. The minimum Gasteiger partial charge on any atom is -0.486 e. The molecule has 0 saturated carbocycles. The molecule has 2 amide bonds. The number of hydrogen-bond acceptors (Lipinski definition) is 5. The molecule has 0 aliphatic heterocycles. The van der Waals surface area contributed by atoms with E-state index >= 15 is 0 Å². The fraction of sp³-hybridized carbons (Fsp3) is 0.148. The van der Waals surface area contributed by atoms with E-state index in [1.54, 1.807) is 41.8 Å². The number of hydrogen-bond donors (Lipinski definition) is 2. The molecule has 0 spiro atoms. The number of para-hydroxylation sites is 1. The van der Waals surface area contributed by atoms with Crippen LogP contribution in [-0.4, -0.2) is 16.8 Å². The predicted molar refractivity (Wildman–Crippen MR) is 134 cm³/mol. The van der Waals surface area contributed by atoms with Gasteiger partial charge in [-0.1, -0.05) is 42.5 Å². The average molecular weight is 490 g/mol. The molecule has 1 aromatic heterocycles. The topological polar surface area (TPSA) is 80.3 Å². The monoisotopic (exact) mass is 489 g/mol. The first kappa shape index (κ1) is 24.1. The van der Waals surface area contributed by atoms with Crippen molar-refractivity contribution in [2.24, 2.45) is 0 Å². The molecule has 0 aliphatic carbocycles. The second-order valence-electron chi connectivity index (χ2n) is 7.85. The summed E-state index contributed by atoms with van der Waals surface area (Å²) in [7, 11) is 0. The van der Waals surface area contributed by atoms with Crippen LogP contribution in [0.1, 0.15) is 39.6 Å². The highest BCUT2D eigenvalue weighted by molar-refractivity contribution is 7.09. The molecule has 0 fully saturated rings. The molecule has 1 atom stereocenters. The van der Waals surface area contributed by atoms with Crippen LogP contribution in [0, 0.1) is 5.82 Å². The van der Waals surface area contributed by atoms with E-state index in [9.17, 15) is 14.0 Å². The fourth-order valence-electron chi connectivity index (χ4n) is 3.42. The van der Waals surface area contributed by atoms with Crippen LogP contribution in [0.3, 0.4) is 0 Å². The van der Waals surface area contributed by atoms with E-state index in [-0.39, 0.29) is 36.7 Å². The van der Waals surface area contributed by atoms with Gasteiger partial charge in [0.15, 0.2) is 0 Å². The maximum Gasteiger partial charge on any atom is 0.253 e. The van der Waals surface area contributed by atoms with Crippen LogP contribution in [0.5, 0.6) is 5.75 Å². The Labute approximate surface area is 206 Å². The van der Waals surface area contributed by atoms with Crippen molar-refractivity contribution in [3.05, 3.63) is 112 Å². The molecule has 35 heavy (non-hydrogen) atoms. The minimum absolute atomic E-state index is 0.0589. The lowest BCUT2D eigenvalue weighted by molar-refractivity contribution is -0.115. The van der Waals surface area contributed by atoms with E-state index < -0.39 is 0 Å². The number of rotatable bonds is 9. The molecule has 2 N–H and O–H groups in total. The molecule has 4 aromatic rings. The van der Waals surface area contributed by atoms with Gasteiger partial charge in [-0.25, -0.2) is 9.37 Å². The van der Waals surface area contributed by atoms with Crippen LogP contribution in [0.2, 0.25) is 0 Å². The van der Waals surface area contributed by atoms with Gasteiger partial charge in [0.1, 0.15) is 23.2 Å². The quantitative estimate of drug-likeness (QED) is 0.324. The maximum absolute atomic E-state index is 13.0. The van der Waals surface area contributed by atoms with Crippen LogP contribution < -0.4 is 15.4 Å². The highest BCUT2D eigenvalue weighted by atomic mass is 32.1. The summed E-state index contributed by atoms with van der Waals surface area (Å²) in [5.74, 6) is -0.342. The van der Waals surface area contributed by atoms with E-state index in [1.165, 1.54) is 23.5 Å². The third-order valence-corrected chi connectivity index (χ3v) is 6.08. The molecular weight excluding hydrogens is 465 g/mol. The van der Waals surface area contributed by atoms with E-state index in [1.807, 2.05) is 37.3 Å². The van der Waals surface area contributed by atoms with Gasteiger partial charge in [-0.05, 0) is 48.9 Å². The Morgan fingerprint density at radius 3 is 2.49 bits per heavy atom. The maximum atomic E-state index is 13.0. The first-order valence-corrected chi connectivity index (χ1v) is 11.9. The summed E-state index contributed by atoms with van der Waals surface area (Å²) >= 11 is 1.38. The fourth-order valence-corrected chi connectivity index (χ4v) is 4.13. The minimum atomic E-state index is -0.329. The van der Waals surface area contributed by atoms with Gasteiger partial charge in [0.2, 0.25) is 5.91 Å². The van der Waals surface area contributed by atoms with Crippen molar-refractivity contribution in [2.75, 3.05) is 5.32 Å². The van der Waals surface area contributed by atoms with E-state index in [4.69, 9.17) is 4.74 Å².